The molecule has 0 N–H and O–H groups in total. The molecule has 0 aromatic rings. The monoisotopic (exact) mass is 171 g/mol. The van der Waals surface area contributed by atoms with E-state index >= 15 is 0 Å². The van der Waals surface area contributed by atoms with Crippen molar-refractivity contribution in [3.8, 4) is 0 Å². The van der Waals surface area contributed by atoms with Crippen LogP contribution in [0.4, 0.5) is 0 Å². The number of rotatable bonds is 1. The van der Waals surface area contributed by atoms with E-state index in [4.69, 9.17) is 0 Å². The molecule has 0 radical (unpaired) electrons. The van der Waals surface area contributed by atoms with Crippen LogP contribution in [-0.2, 0) is 9.59 Å². The van der Waals surface area contributed by atoms with Crippen molar-refractivity contribution in [3.63, 3.8) is 0 Å². The number of hydrogen-bond donors (Lipinski definition) is 0. The van der Waals surface area contributed by atoms with Gasteiger partial charge in [-0.25, -0.2) is 0 Å². The molecule has 1 aliphatic heterocycles. The predicted octanol–water partition coefficient (Wildman–Crippen LogP) is 0.620. The lowest BCUT2D eigenvalue weighted by Gasteiger charge is -2.13. The summed E-state index contributed by atoms with van der Waals surface area (Å²) in [4.78, 5) is 22.7. The van der Waals surface area contributed by atoms with Crippen molar-refractivity contribution < 1.29 is 9.59 Å². The lowest BCUT2D eigenvalue weighted by Crippen LogP contribution is -2.34. The minimum Gasteiger partial charge on any atom is -0.280 e. The molecule has 1 unspecified atom stereocenters. The fourth-order valence-electron chi connectivity index (χ4n) is 0.807. The molecule has 2 amide bonds. The van der Waals surface area contributed by atoms with Gasteiger partial charge in [-0.15, -0.1) is 11.8 Å². The first kappa shape index (κ1) is 8.33. The molecule has 1 rings (SSSR count). The minimum absolute atomic E-state index is 0.116. The van der Waals surface area contributed by atoms with E-state index in [9.17, 15) is 9.59 Å². The van der Waals surface area contributed by atoms with Crippen LogP contribution < -0.4 is 0 Å². The van der Waals surface area contributed by atoms with E-state index in [0.29, 0.717) is 13.0 Å². The molecule has 60 valence electrons. The van der Waals surface area contributed by atoms with Gasteiger partial charge in [-0.1, -0.05) is 6.08 Å². The van der Waals surface area contributed by atoms with Gasteiger partial charge in [-0.2, -0.15) is 0 Å². The van der Waals surface area contributed by atoms with Gasteiger partial charge in [0.1, 0.15) is 0 Å². The number of carbonyl (C=O) groups is 2. The average Bonchev–Trinajstić information content (AvgIpc) is 2.16. The smallest absolute Gasteiger partial charge is 0.242 e. The molecule has 0 aliphatic carbocycles. The quantitative estimate of drug-likeness (QED) is 0.543. The highest BCUT2D eigenvalue weighted by Crippen LogP contribution is 2.16. The van der Waals surface area contributed by atoms with Crippen LogP contribution in [0, 0.1) is 0 Å². The Labute approximate surface area is 69.4 Å². The Kier molecular flexibility index (Phi) is 2.70. The average molecular weight is 171 g/mol. The van der Waals surface area contributed by atoms with E-state index < -0.39 is 0 Å². The first-order valence-corrected chi connectivity index (χ1v) is 4.26. The summed E-state index contributed by atoms with van der Waals surface area (Å²) in [7, 11) is 0. The van der Waals surface area contributed by atoms with Crippen LogP contribution in [0.15, 0.2) is 11.5 Å². The molecule has 0 saturated carbocycles. The van der Waals surface area contributed by atoms with Crippen LogP contribution in [0.2, 0.25) is 0 Å². The summed E-state index contributed by atoms with van der Waals surface area (Å²) in [5.74, 6) is -0.116. The summed E-state index contributed by atoms with van der Waals surface area (Å²) in [5, 5.41) is 1.71. The van der Waals surface area contributed by atoms with Crippen molar-refractivity contribution >= 4 is 24.1 Å². The van der Waals surface area contributed by atoms with Gasteiger partial charge in [0.15, 0.2) is 0 Å². The molecule has 0 aromatic carbocycles. The maximum Gasteiger partial charge on any atom is 0.242 e. The minimum atomic E-state index is -0.140. The maximum atomic E-state index is 11.2. The molecule has 1 heterocycles. The maximum absolute atomic E-state index is 11.2. The van der Waals surface area contributed by atoms with Crippen LogP contribution in [-0.4, -0.2) is 29.0 Å². The third-order valence-electron chi connectivity index (χ3n) is 1.44. The van der Waals surface area contributed by atoms with Crippen LogP contribution in [0.3, 0.4) is 0 Å². The summed E-state index contributed by atoms with van der Waals surface area (Å²) < 4.78 is 0. The number of amides is 2. The van der Waals surface area contributed by atoms with Gasteiger partial charge in [0.05, 0.1) is 5.25 Å². The Morgan fingerprint density at radius 1 is 1.82 bits per heavy atom. The molecular weight excluding hydrogens is 162 g/mol. The Balaban J connectivity index is 2.72. The summed E-state index contributed by atoms with van der Waals surface area (Å²) in [6, 6.07) is 0. The van der Waals surface area contributed by atoms with Gasteiger partial charge in [-0.3, -0.25) is 14.5 Å². The molecule has 3 nitrogen and oxygen atoms in total. The fourth-order valence-corrected chi connectivity index (χ4v) is 1.49. The second-order valence-electron chi connectivity index (χ2n) is 2.25. The van der Waals surface area contributed by atoms with Crippen LogP contribution in [0.1, 0.15) is 6.92 Å². The van der Waals surface area contributed by atoms with Crippen molar-refractivity contribution in [2.45, 2.75) is 12.2 Å². The van der Waals surface area contributed by atoms with Crippen LogP contribution in [0.25, 0.3) is 0 Å². The molecule has 0 aromatic heterocycles. The number of thioether (sulfide) groups is 1. The topological polar surface area (TPSA) is 37.4 Å². The largest absolute Gasteiger partial charge is 0.280 e. The van der Waals surface area contributed by atoms with Crippen molar-refractivity contribution in [1.29, 1.82) is 0 Å². The second-order valence-corrected chi connectivity index (χ2v) is 3.50. The van der Waals surface area contributed by atoms with E-state index in [0.717, 1.165) is 0 Å². The van der Waals surface area contributed by atoms with Gasteiger partial charge in [0.25, 0.3) is 0 Å². The van der Waals surface area contributed by atoms with E-state index in [-0.39, 0.29) is 11.2 Å². The van der Waals surface area contributed by atoms with Gasteiger partial charge < -0.3 is 0 Å². The molecule has 0 spiro atoms. The lowest BCUT2D eigenvalue weighted by atomic mass is 10.4. The predicted molar refractivity (Wildman–Crippen MR) is 44.0 cm³/mol. The molecule has 0 saturated heterocycles. The summed E-state index contributed by atoms with van der Waals surface area (Å²) in [6.07, 6.45) is 2.38. The summed E-state index contributed by atoms with van der Waals surface area (Å²) in [5.41, 5.74) is 0. The van der Waals surface area contributed by atoms with Gasteiger partial charge in [-0.05, 0) is 12.3 Å². The number of imide groups is 1. The highest BCUT2D eigenvalue weighted by atomic mass is 32.2. The van der Waals surface area contributed by atoms with Crippen molar-refractivity contribution in [1.82, 2.24) is 4.90 Å². The van der Waals surface area contributed by atoms with Gasteiger partial charge in [0, 0.05) is 6.54 Å². The standard InChI is InChI=1S/C7H9NO2S/c1-6-7(10)8(5-9)3-2-4-11-6/h2,4-6H,3H2,1H3. The highest BCUT2D eigenvalue weighted by molar-refractivity contribution is 8.03. The third-order valence-corrected chi connectivity index (χ3v) is 2.40. The molecule has 0 bridgehead atoms. The zero-order valence-electron chi connectivity index (χ0n) is 6.19. The van der Waals surface area contributed by atoms with Gasteiger partial charge >= 0.3 is 0 Å². The zero-order chi connectivity index (χ0) is 8.27. The summed E-state index contributed by atoms with van der Waals surface area (Å²) >= 11 is 1.44. The van der Waals surface area contributed by atoms with E-state index in [1.165, 1.54) is 16.7 Å². The van der Waals surface area contributed by atoms with Crippen molar-refractivity contribution in [2.24, 2.45) is 0 Å². The highest BCUT2D eigenvalue weighted by Gasteiger charge is 2.20. The Morgan fingerprint density at radius 2 is 2.55 bits per heavy atom. The lowest BCUT2D eigenvalue weighted by molar-refractivity contribution is -0.136. The molecular formula is C7H9NO2S. The molecule has 1 aliphatic rings. The first-order chi connectivity index (χ1) is 5.25. The van der Waals surface area contributed by atoms with E-state index in [1.807, 2.05) is 5.41 Å². The SMILES string of the molecule is CC1SC=CCN(C=O)C1=O. The van der Waals surface area contributed by atoms with Gasteiger partial charge in [0.2, 0.25) is 12.3 Å². The Hall–Kier alpha value is -0.770. The number of carbonyl (C=O) groups excluding carboxylic acids is 2. The molecule has 0 fully saturated rings. The summed E-state index contributed by atoms with van der Waals surface area (Å²) in [6.45, 7) is 2.19. The Morgan fingerprint density at radius 3 is 3.18 bits per heavy atom. The number of nitrogens with zero attached hydrogens (tertiary/aromatic N) is 1. The zero-order valence-corrected chi connectivity index (χ0v) is 7.00. The van der Waals surface area contributed by atoms with Crippen molar-refractivity contribution in [3.05, 3.63) is 11.5 Å². The first-order valence-electron chi connectivity index (χ1n) is 3.32. The Bertz CT molecular complexity index is 203. The third kappa shape index (κ3) is 1.83. The molecule has 4 heteroatoms. The van der Waals surface area contributed by atoms with E-state index in [2.05, 4.69) is 0 Å². The molecule has 11 heavy (non-hydrogen) atoms. The molecule has 1 atom stereocenters. The fraction of sp³-hybridized carbons (Fsp3) is 0.429. The van der Waals surface area contributed by atoms with E-state index in [1.54, 1.807) is 13.0 Å². The van der Waals surface area contributed by atoms with Crippen LogP contribution in [0.5, 0.6) is 0 Å². The second kappa shape index (κ2) is 3.57. The number of hydrogen-bond acceptors (Lipinski definition) is 3. The normalized spacial score (nSPS) is 25.0. The van der Waals surface area contributed by atoms with Crippen LogP contribution >= 0.6 is 11.8 Å². The van der Waals surface area contributed by atoms with Crippen molar-refractivity contribution in [2.75, 3.05) is 6.54 Å².